The number of sulfonamides is 1. The van der Waals surface area contributed by atoms with Gasteiger partial charge in [-0.1, -0.05) is 0 Å². The highest BCUT2D eigenvalue weighted by molar-refractivity contribution is 7.92. The minimum absolute atomic E-state index is 0.0147. The van der Waals surface area contributed by atoms with Crippen molar-refractivity contribution in [3.05, 3.63) is 74.9 Å². The minimum atomic E-state index is -4.92. The number of carbonyl (C=O) groups excluding carboxylic acids is 2. The van der Waals surface area contributed by atoms with Gasteiger partial charge >= 0.3 is 6.18 Å². The van der Waals surface area contributed by atoms with Gasteiger partial charge in [0.25, 0.3) is 11.8 Å². The van der Waals surface area contributed by atoms with Crippen molar-refractivity contribution in [2.24, 2.45) is 4.99 Å². The molecule has 3 heterocycles. The first kappa shape index (κ1) is 32.8. The molecule has 0 unspecified atom stereocenters. The molecule has 1 spiro atoms. The first-order valence-electron chi connectivity index (χ1n) is 14.6. The number of benzene rings is 2. The quantitative estimate of drug-likeness (QED) is 0.476. The Morgan fingerprint density at radius 1 is 1.04 bits per heavy atom. The van der Waals surface area contributed by atoms with Gasteiger partial charge in [0, 0.05) is 54.8 Å². The average Bonchev–Trinajstić information content (AvgIpc) is 3.26. The van der Waals surface area contributed by atoms with E-state index >= 15 is 0 Å². The second-order valence-electron chi connectivity index (χ2n) is 12.1. The molecule has 0 saturated carbocycles. The van der Waals surface area contributed by atoms with Crippen molar-refractivity contribution in [1.82, 2.24) is 19.8 Å². The highest BCUT2D eigenvalue weighted by Gasteiger charge is 2.47. The smallest absolute Gasteiger partial charge is 0.336 e. The third kappa shape index (κ3) is 6.68. The van der Waals surface area contributed by atoms with Crippen LogP contribution >= 0.6 is 0 Å². The Morgan fingerprint density at radius 2 is 1.64 bits per heavy atom. The van der Waals surface area contributed by atoms with Crippen LogP contribution in [0.5, 0.6) is 0 Å². The average molecular weight is 650 g/mol. The van der Waals surface area contributed by atoms with E-state index in [0.717, 1.165) is 22.6 Å². The summed E-state index contributed by atoms with van der Waals surface area (Å²) in [7, 11) is -3.90. The molecule has 5 rings (SSSR count). The molecule has 3 aliphatic rings. The summed E-state index contributed by atoms with van der Waals surface area (Å²) in [6, 6.07) is 6.24. The molecule has 45 heavy (non-hydrogen) atoms. The number of nitrogens with zero attached hydrogens (tertiary/aromatic N) is 3. The zero-order valence-electron chi connectivity index (χ0n) is 25.3. The fraction of sp³-hybridized carbons (Fsp3) is 0.452. The van der Waals surface area contributed by atoms with E-state index in [1.165, 1.54) is 10.4 Å². The van der Waals surface area contributed by atoms with Crippen LogP contribution in [0.4, 0.5) is 17.6 Å². The molecule has 2 fully saturated rings. The number of alkyl halides is 3. The predicted octanol–water partition coefficient (Wildman–Crippen LogP) is 4.00. The number of piperidine rings is 1. The maximum absolute atomic E-state index is 13.8. The number of carbonyl (C=O) groups is 2. The normalized spacial score (nSPS) is 22.6. The third-order valence-electron chi connectivity index (χ3n) is 8.53. The van der Waals surface area contributed by atoms with Crippen molar-refractivity contribution in [2.45, 2.75) is 64.3 Å². The van der Waals surface area contributed by atoms with Gasteiger partial charge in [-0.15, -0.1) is 0 Å². The van der Waals surface area contributed by atoms with E-state index in [2.05, 4.69) is 15.6 Å². The molecule has 2 N–H and O–H groups in total. The second-order valence-corrected chi connectivity index (χ2v) is 13.9. The molecule has 0 bridgehead atoms. The van der Waals surface area contributed by atoms with Crippen molar-refractivity contribution in [3.63, 3.8) is 0 Å². The van der Waals surface area contributed by atoms with E-state index in [1.807, 2.05) is 32.6 Å². The van der Waals surface area contributed by atoms with Crippen LogP contribution < -0.4 is 10.6 Å². The highest BCUT2D eigenvalue weighted by atomic mass is 32.2. The lowest BCUT2D eigenvalue weighted by molar-refractivity contribution is -0.140. The third-order valence-corrected chi connectivity index (χ3v) is 10.1. The SMILES string of the molecule is Cc1cc(C(=O)N2C[C@@H](C)N[C@@H](C)C2)cc(C)c1C=CS(=O)(=O)N1CCC2(CC1)N=C(c1ccc(F)c(C(F)(F)F)c1)NC2=O. The fourth-order valence-electron chi connectivity index (χ4n) is 6.27. The summed E-state index contributed by atoms with van der Waals surface area (Å²) >= 11 is 0. The molecule has 242 valence electrons. The maximum Gasteiger partial charge on any atom is 0.419 e. The number of hydrogen-bond acceptors (Lipinski definition) is 6. The lowest BCUT2D eigenvalue weighted by atomic mass is 9.89. The lowest BCUT2D eigenvalue weighted by Gasteiger charge is -2.36. The van der Waals surface area contributed by atoms with Crippen LogP contribution in [0, 0.1) is 19.7 Å². The molecule has 14 heteroatoms. The van der Waals surface area contributed by atoms with Gasteiger partial charge in [-0.25, -0.2) is 12.8 Å². The minimum Gasteiger partial charge on any atom is -0.336 e. The van der Waals surface area contributed by atoms with E-state index in [9.17, 15) is 35.6 Å². The Bertz CT molecular complexity index is 1660. The number of aryl methyl sites for hydroxylation is 2. The molecular weight excluding hydrogens is 614 g/mol. The van der Waals surface area contributed by atoms with Gasteiger partial charge in [0.15, 0.2) is 0 Å². The molecule has 0 radical (unpaired) electrons. The van der Waals surface area contributed by atoms with E-state index in [-0.39, 0.29) is 55.3 Å². The summed E-state index contributed by atoms with van der Waals surface area (Å²) in [6.45, 7) is 8.80. The zero-order chi connectivity index (χ0) is 32.9. The Balaban J connectivity index is 1.28. The Kier molecular flexibility index (Phi) is 8.70. The summed E-state index contributed by atoms with van der Waals surface area (Å²) in [5, 5.41) is 6.99. The molecule has 2 saturated heterocycles. The molecule has 2 atom stereocenters. The Hall–Kier alpha value is -3.62. The number of aliphatic imine (C=N–C) groups is 1. The summed E-state index contributed by atoms with van der Waals surface area (Å²) in [6.07, 6.45) is -3.39. The molecule has 2 amide bonds. The van der Waals surface area contributed by atoms with Crippen LogP contribution in [0.2, 0.25) is 0 Å². The highest BCUT2D eigenvalue weighted by Crippen LogP contribution is 2.35. The molecular formula is C31H35F4N5O4S. The van der Waals surface area contributed by atoms with Gasteiger partial charge in [0.2, 0.25) is 10.0 Å². The van der Waals surface area contributed by atoms with Crippen molar-refractivity contribution < 1.29 is 35.6 Å². The molecule has 2 aromatic carbocycles. The zero-order valence-corrected chi connectivity index (χ0v) is 26.2. The molecule has 0 aliphatic carbocycles. The first-order valence-corrected chi connectivity index (χ1v) is 16.1. The van der Waals surface area contributed by atoms with Crippen LogP contribution in [-0.4, -0.2) is 79.1 Å². The summed E-state index contributed by atoms with van der Waals surface area (Å²) in [4.78, 5) is 32.3. The van der Waals surface area contributed by atoms with Crippen molar-refractivity contribution in [3.8, 4) is 0 Å². The Morgan fingerprint density at radius 3 is 2.22 bits per heavy atom. The summed E-state index contributed by atoms with van der Waals surface area (Å²) in [5.74, 6) is -2.18. The summed E-state index contributed by atoms with van der Waals surface area (Å²) < 4.78 is 81.1. The van der Waals surface area contributed by atoms with Crippen molar-refractivity contribution >= 4 is 33.7 Å². The number of piperazine rings is 1. The lowest BCUT2D eigenvalue weighted by Crippen LogP contribution is -2.55. The van der Waals surface area contributed by atoms with Crippen LogP contribution in [0.25, 0.3) is 6.08 Å². The number of hydrogen-bond donors (Lipinski definition) is 2. The standard InChI is InChI=1S/C31H35F4N5O4S/c1-18-13-23(28(41)39-16-20(3)36-21(4)17-39)14-19(2)24(18)7-12-45(43,44)40-10-8-30(9-11-40)29(42)37-27(38-30)22-5-6-26(32)25(15-22)31(33,34)35/h5-7,12-15,20-21,36H,8-11,16-17H2,1-4H3,(H,37,38,42)/t20-,21+. The van der Waals surface area contributed by atoms with E-state index in [0.29, 0.717) is 36.3 Å². The maximum atomic E-state index is 13.8. The number of amides is 2. The predicted molar refractivity (Wildman–Crippen MR) is 161 cm³/mol. The van der Waals surface area contributed by atoms with Gasteiger partial charge in [-0.05, 0) is 93.6 Å². The topological polar surface area (TPSA) is 111 Å². The van der Waals surface area contributed by atoms with Gasteiger partial charge in [0.1, 0.15) is 17.2 Å². The van der Waals surface area contributed by atoms with Gasteiger partial charge in [-0.3, -0.25) is 14.6 Å². The van der Waals surface area contributed by atoms with Gasteiger partial charge in [0.05, 0.1) is 5.56 Å². The van der Waals surface area contributed by atoms with Crippen molar-refractivity contribution in [2.75, 3.05) is 26.2 Å². The largest absolute Gasteiger partial charge is 0.419 e. The van der Waals surface area contributed by atoms with Gasteiger partial charge < -0.3 is 15.5 Å². The van der Waals surface area contributed by atoms with Crippen LogP contribution in [0.3, 0.4) is 0 Å². The van der Waals surface area contributed by atoms with E-state index < -0.39 is 39.0 Å². The van der Waals surface area contributed by atoms with Crippen LogP contribution in [-0.2, 0) is 21.0 Å². The van der Waals surface area contributed by atoms with E-state index in [4.69, 9.17) is 0 Å². The molecule has 3 aliphatic heterocycles. The molecule has 9 nitrogen and oxygen atoms in total. The van der Waals surface area contributed by atoms with Crippen LogP contribution in [0.15, 0.2) is 40.7 Å². The molecule has 0 aromatic heterocycles. The fourth-order valence-corrected chi connectivity index (χ4v) is 7.44. The number of nitrogens with one attached hydrogen (secondary N) is 2. The first-order chi connectivity index (χ1) is 21.0. The monoisotopic (exact) mass is 649 g/mol. The second kappa shape index (κ2) is 12.0. The number of amidine groups is 1. The van der Waals surface area contributed by atoms with E-state index in [1.54, 1.807) is 12.1 Å². The number of rotatable bonds is 5. The Labute approximate surface area is 259 Å². The number of halogens is 4. The van der Waals surface area contributed by atoms with Gasteiger partial charge in [-0.2, -0.15) is 17.5 Å². The summed E-state index contributed by atoms with van der Waals surface area (Å²) in [5.41, 5.74) is -0.197. The van der Waals surface area contributed by atoms with Crippen LogP contribution in [0.1, 0.15) is 64.9 Å². The molecule has 2 aromatic rings. The van der Waals surface area contributed by atoms with Crippen molar-refractivity contribution in [1.29, 1.82) is 0 Å².